The van der Waals surface area contributed by atoms with Gasteiger partial charge < -0.3 is 14.5 Å². The van der Waals surface area contributed by atoms with Gasteiger partial charge in [0.15, 0.2) is 5.65 Å². The lowest BCUT2D eigenvalue weighted by Crippen LogP contribution is -2.24. The highest BCUT2D eigenvalue weighted by Crippen LogP contribution is 2.38. The molecule has 3 aromatic carbocycles. The molecule has 12 nitrogen and oxygen atoms in total. The van der Waals surface area contributed by atoms with Gasteiger partial charge in [0, 0.05) is 10.8 Å². The van der Waals surface area contributed by atoms with Gasteiger partial charge in [0.2, 0.25) is 11.6 Å². The maximum Gasteiger partial charge on any atom is 0.433 e. The zero-order valence-electron chi connectivity index (χ0n) is 38.3. The summed E-state index contributed by atoms with van der Waals surface area (Å²) in [6.45, 7) is 12.7. The fraction of sp³-hybridized carbons (Fsp3) is 0.250. The zero-order valence-corrected chi connectivity index (χ0v) is 42.1. The number of rotatable bonds is 8. The molecule has 0 aliphatic carbocycles. The van der Waals surface area contributed by atoms with E-state index in [-0.39, 0.29) is 64.5 Å². The van der Waals surface area contributed by atoms with Crippen LogP contribution in [0.15, 0.2) is 83.8 Å². The number of hydrogen-bond donors (Lipinski definition) is 1. The zero-order chi connectivity index (χ0) is 53.1. The lowest BCUT2D eigenvalue weighted by Gasteiger charge is -2.20. The Kier molecular flexibility index (Phi) is 15.0. The number of halogens is 10. The van der Waals surface area contributed by atoms with Crippen LogP contribution in [0.25, 0.3) is 22.1 Å². The van der Waals surface area contributed by atoms with Gasteiger partial charge in [-0.2, -0.15) is 26.3 Å². The number of alkyl halides is 6. The Labute approximate surface area is 421 Å². The van der Waals surface area contributed by atoms with Crippen molar-refractivity contribution >= 4 is 102 Å². The average molecular weight is 1090 g/mol. The number of carbonyl (C=O) groups is 4. The molecule has 0 aliphatic heterocycles. The van der Waals surface area contributed by atoms with E-state index in [2.05, 4.69) is 15.0 Å². The quantitative estimate of drug-likeness (QED) is 0.0878. The second-order valence-electron chi connectivity index (χ2n) is 17.7. The van der Waals surface area contributed by atoms with E-state index < -0.39 is 90.4 Å². The Bertz CT molecular complexity index is 3430. The minimum atomic E-state index is -4.90. The van der Waals surface area contributed by atoms with Gasteiger partial charge in [-0.1, -0.05) is 64.6 Å². The van der Waals surface area contributed by atoms with Crippen LogP contribution < -0.4 is 0 Å². The summed E-state index contributed by atoms with van der Waals surface area (Å²) in [5.74, 6) is -3.38. The highest BCUT2D eigenvalue weighted by atomic mass is 35.5. The molecule has 0 atom stereocenters. The van der Waals surface area contributed by atoms with Crippen molar-refractivity contribution in [2.24, 2.45) is 0 Å². The number of hydrogen-bond acceptors (Lipinski definition) is 10. The average Bonchev–Trinajstić information content (AvgIpc) is 3.86. The van der Waals surface area contributed by atoms with Gasteiger partial charge in [-0.15, -0.1) is 0 Å². The van der Waals surface area contributed by atoms with Crippen LogP contribution in [-0.2, 0) is 31.8 Å². The van der Waals surface area contributed by atoms with E-state index in [1.54, 1.807) is 47.6 Å². The maximum absolute atomic E-state index is 14.0. The van der Waals surface area contributed by atoms with Crippen molar-refractivity contribution in [2.45, 2.75) is 83.8 Å². The molecule has 0 spiro atoms. The van der Waals surface area contributed by atoms with Crippen LogP contribution in [0.1, 0.15) is 117 Å². The lowest BCUT2D eigenvalue weighted by atomic mass is 10.0. The highest BCUT2D eigenvalue weighted by Gasteiger charge is 2.38. The molecule has 0 unspecified atom stereocenters. The fourth-order valence-corrected chi connectivity index (χ4v) is 9.57. The number of carbonyl (C=O) groups excluding carboxylic acids is 4. The molecule has 71 heavy (non-hydrogen) atoms. The molecule has 0 bridgehead atoms. The summed E-state index contributed by atoms with van der Waals surface area (Å²) in [7, 11) is -4.67. The Hall–Kier alpha value is -5.99. The number of fused-ring (bicyclic) bond motifs is 2. The monoisotopic (exact) mass is 1080 g/mol. The summed E-state index contributed by atoms with van der Waals surface area (Å²) in [4.78, 5) is 61.7. The van der Waals surface area contributed by atoms with Gasteiger partial charge in [-0.25, -0.2) is 31.9 Å². The predicted octanol–water partition coefficient (Wildman–Crippen LogP) is 13.5. The van der Waals surface area contributed by atoms with Gasteiger partial charge in [0.25, 0.3) is 10.0 Å². The number of H-pyrrole nitrogens is 1. The minimum Gasteiger partial charge on any atom is -0.456 e. The molecule has 0 radical (unpaired) electrons. The number of aryl methyl sites for hydroxylation is 2. The molecule has 0 saturated heterocycles. The normalized spacial score (nSPS) is 12.4. The first-order valence-electron chi connectivity index (χ1n) is 20.6. The number of nitrogens with zero attached hydrogens (tertiary/aromatic N) is 3. The van der Waals surface area contributed by atoms with Crippen LogP contribution in [-0.4, -0.2) is 62.0 Å². The summed E-state index contributed by atoms with van der Waals surface area (Å²) >= 11 is 25.2. The Balaban J connectivity index is 0.000000240. The van der Waals surface area contributed by atoms with E-state index in [1.807, 2.05) is 0 Å². The van der Waals surface area contributed by atoms with Crippen molar-refractivity contribution in [1.29, 1.82) is 0 Å². The molecule has 0 fully saturated rings. The van der Waals surface area contributed by atoms with E-state index in [4.69, 9.17) is 55.9 Å². The fourth-order valence-electron chi connectivity index (χ4n) is 6.85. The summed E-state index contributed by atoms with van der Waals surface area (Å²) in [5, 5.41) is -0.566. The summed E-state index contributed by atoms with van der Waals surface area (Å²) in [6.07, 6.45) is -9.54. The van der Waals surface area contributed by atoms with Crippen molar-refractivity contribution in [3.05, 3.63) is 155 Å². The standard InChI is InChI=1S/C27H21Cl2F3N2O5S.C21H17Cl2F3N2O3/c1-14-12-20(27(30,31)32)33-24-17(14)13-19(34(24)40(37,38)15-8-6-5-7-9-15)23(35)21-18(28)11-10-16(22(21)29)25(36)39-26(2,3)4;1-9-7-14(21(24,25)26)28-18-11(9)8-13(27-18)17(29)15-12(22)6-5-10(16(15)23)19(30)31-20(2,3)4/h5-13H,1-4H3;5-8H,1-4H3,(H,27,28). The largest absolute Gasteiger partial charge is 0.456 e. The lowest BCUT2D eigenvalue weighted by molar-refractivity contribution is -0.141. The number of esters is 2. The second kappa shape index (κ2) is 19.6. The Morgan fingerprint density at radius 3 is 1.52 bits per heavy atom. The molecule has 4 aromatic heterocycles. The third-order valence-electron chi connectivity index (χ3n) is 9.96. The number of ether oxygens (including phenoxy) is 2. The SMILES string of the molecule is Cc1cc(C(F)(F)F)nc2[nH]c(C(=O)c3c(Cl)ccc(C(=O)OC(C)(C)C)c3Cl)cc12.Cc1cc(C(F)(F)F)nc2c1cc(C(=O)c1c(Cl)ccc(C(=O)OC(C)(C)C)c1Cl)n2S(=O)(=O)c1ccccc1. The van der Waals surface area contributed by atoms with Crippen molar-refractivity contribution in [2.75, 3.05) is 0 Å². The molecule has 1 N–H and O–H groups in total. The van der Waals surface area contributed by atoms with Crippen molar-refractivity contribution in [3.8, 4) is 0 Å². The van der Waals surface area contributed by atoms with Crippen molar-refractivity contribution in [1.82, 2.24) is 18.9 Å². The summed E-state index contributed by atoms with van der Waals surface area (Å²) < 4.78 is 119. The molecule has 0 aliphatic rings. The second-order valence-corrected chi connectivity index (χ2v) is 21.0. The number of aromatic nitrogens is 4. The molecule has 0 saturated carbocycles. The first kappa shape index (κ1) is 54.3. The van der Waals surface area contributed by atoms with Gasteiger partial charge >= 0.3 is 24.3 Å². The van der Waals surface area contributed by atoms with E-state index in [9.17, 15) is 53.9 Å². The maximum atomic E-state index is 14.0. The third-order valence-corrected chi connectivity index (χ3v) is 13.1. The molecule has 7 aromatic rings. The first-order chi connectivity index (χ1) is 32.6. The smallest absolute Gasteiger partial charge is 0.433 e. The van der Waals surface area contributed by atoms with Crippen molar-refractivity contribution in [3.63, 3.8) is 0 Å². The van der Waals surface area contributed by atoms with Gasteiger partial charge in [-0.3, -0.25) is 9.59 Å². The molecule has 7 rings (SSSR count). The summed E-state index contributed by atoms with van der Waals surface area (Å²) in [5.41, 5.74) is -6.08. The van der Waals surface area contributed by atoms with E-state index >= 15 is 0 Å². The van der Waals surface area contributed by atoms with Crippen LogP contribution in [0.4, 0.5) is 26.3 Å². The van der Waals surface area contributed by atoms with Gasteiger partial charge in [0.1, 0.15) is 33.9 Å². The van der Waals surface area contributed by atoms with Crippen LogP contribution in [0.3, 0.4) is 0 Å². The van der Waals surface area contributed by atoms with Gasteiger partial charge in [0.05, 0.1) is 52.9 Å². The molecular weight excluding hydrogens is 1050 g/mol. The molecule has 374 valence electrons. The first-order valence-corrected chi connectivity index (χ1v) is 23.6. The van der Waals surface area contributed by atoms with Crippen LogP contribution in [0, 0.1) is 13.8 Å². The highest BCUT2D eigenvalue weighted by molar-refractivity contribution is 7.90. The summed E-state index contributed by atoms with van der Waals surface area (Å²) in [6, 6.07) is 16.1. The third kappa shape index (κ3) is 11.5. The van der Waals surface area contributed by atoms with Gasteiger partial charge in [-0.05, 0) is 127 Å². The van der Waals surface area contributed by atoms with Crippen molar-refractivity contribution < 1.29 is 63.4 Å². The topological polar surface area (TPSA) is 167 Å². The molecule has 4 heterocycles. The number of benzene rings is 3. The minimum absolute atomic E-state index is 0.0214. The van der Waals surface area contributed by atoms with Crippen LogP contribution >= 0.6 is 46.4 Å². The Morgan fingerprint density at radius 1 is 0.606 bits per heavy atom. The molecular formula is C48H38Cl4F6N4O8S. The van der Waals surface area contributed by atoms with E-state index in [0.717, 1.165) is 18.2 Å². The Morgan fingerprint density at radius 2 is 1.06 bits per heavy atom. The van der Waals surface area contributed by atoms with Crippen LogP contribution in [0.2, 0.25) is 20.1 Å². The van der Waals surface area contributed by atoms with E-state index in [0.29, 0.717) is 9.36 Å². The molecule has 23 heteroatoms. The van der Waals surface area contributed by atoms with Crippen LogP contribution in [0.5, 0.6) is 0 Å². The van der Waals surface area contributed by atoms with E-state index in [1.165, 1.54) is 68.4 Å². The number of ketones is 2. The number of pyridine rings is 2. The number of nitrogens with one attached hydrogen (secondary N) is 1. The molecule has 0 amide bonds. The number of aromatic amines is 1. The predicted molar refractivity (Wildman–Crippen MR) is 254 cm³/mol.